The molecule has 5 amide bonds. The SMILES string of the molecule is CC(C)(C)COC(=O)N[C@H]1CCCCC/C=C\[C@H]2C[C@@]2(C(=O)NS(=O)(=O)C2CC2)NC(=O)[C@@H]2[C@H]3CN(C(=O)c4nc(-c5ccc(OC(=O)OCC(C)(C)C)c(Cl)c5)cs4)C[C@H]3CN2C1=O. The highest BCUT2D eigenvalue weighted by Gasteiger charge is 2.63. The molecule has 5 aliphatic rings. The summed E-state index contributed by atoms with van der Waals surface area (Å²) in [6.45, 7) is 12.1. The molecule has 65 heavy (non-hydrogen) atoms. The Morgan fingerprint density at radius 3 is 2.38 bits per heavy atom. The zero-order valence-corrected chi connectivity index (χ0v) is 40.0. The maximum absolute atomic E-state index is 14.8. The van der Waals surface area contributed by atoms with E-state index < -0.39 is 74.7 Å². The molecule has 6 atom stereocenters. The summed E-state index contributed by atoms with van der Waals surface area (Å²) >= 11 is 7.60. The van der Waals surface area contributed by atoms with Crippen LogP contribution in [0.2, 0.25) is 5.02 Å². The molecule has 2 saturated carbocycles. The maximum atomic E-state index is 14.8. The summed E-state index contributed by atoms with van der Waals surface area (Å²) in [7, 11) is -3.95. The predicted molar refractivity (Wildman–Crippen MR) is 241 cm³/mol. The summed E-state index contributed by atoms with van der Waals surface area (Å²) in [4.78, 5) is 90.5. The van der Waals surface area contributed by atoms with Crippen LogP contribution < -0.4 is 20.1 Å². The van der Waals surface area contributed by atoms with Gasteiger partial charge in [-0.25, -0.2) is 23.0 Å². The van der Waals surface area contributed by atoms with Crippen molar-refractivity contribution in [3.05, 3.63) is 45.8 Å². The standard InChI is InChI=1S/C45H59ClN6O11S2/c1-43(2,3)24-61-41(57)48-32-13-11-9-7-8-10-12-28-19-45(28,40(56)50-65(59,60)29-15-16-29)49-36(53)35-30-22-51(20-27(30)21-52(35)38(32)54)39(55)37-47-33(23-64-37)26-14-17-34(31(46)18-26)63-42(58)62-25-44(4,5)6/h10,12,14,17-18,23,27-30,32,35H,7-9,11,13,15-16,19-22,24-25H2,1-6H3,(H,48,57)(H,49,53)(H,50,56)/b12-10-/t27-,28-,30-,32-,35-,45+/m0/s1. The fourth-order valence-corrected chi connectivity index (χ4v) is 10.9. The van der Waals surface area contributed by atoms with E-state index in [9.17, 15) is 37.2 Å². The van der Waals surface area contributed by atoms with Gasteiger partial charge in [0.2, 0.25) is 21.8 Å². The van der Waals surface area contributed by atoms with Gasteiger partial charge in [0.25, 0.3) is 11.8 Å². The van der Waals surface area contributed by atoms with Crippen molar-refractivity contribution in [1.29, 1.82) is 0 Å². The van der Waals surface area contributed by atoms with Gasteiger partial charge in [0.15, 0.2) is 10.8 Å². The minimum atomic E-state index is -3.95. The van der Waals surface area contributed by atoms with Crippen LogP contribution in [0.3, 0.4) is 0 Å². The first-order chi connectivity index (χ1) is 30.5. The van der Waals surface area contributed by atoms with E-state index in [0.717, 1.165) is 24.2 Å². The third-order valence-electron chi connectivity index (χ3n) is 12.2. The second-order valence-corrected chi connectivity index (χ2v) is 23.5. The Hall–Kier alpha value is -4.75. The molecule has 0 radical (unpaired) electrons. The van der Waals surface area contributed by atoms with E-state index in [-0.39, 0.29) is 77.7 Å². The normalized spacial score (nSPS) is 26.6. The van der Waals surface area contributed by atoms with Crippen LogP contribution in [0.1, 0.15) is 103 Å². The van der Waals surface area contributed by atoms with Crippen LogP contribution in [0.5, 0.6) is 5.75 Å². The van der Waals surface area contributed by atoms with E-state index in [1.54, 1.807) is 22.4 Å². The molecule has 20 heteroatoms. The molecule has 3 aliphatic heterocycles. The number of benzene rings is 1. The number of carbonyl (C=O) groups excluding carboxylic acids is 6. The molecule has 1 aromatic heterocycles. The Labute approximate surface area is 388 Å². The Bertz CT molecular complexity index is 2340. The van der Waals surface area contributed by atoms with Gasteiger partial charge in [-0.2, -0.15) is 0 Å². The van der Waals surface area contributed by atoms with E-state index in [0.29, 0.717) is 43.4 Å². The Balaban J connectivity index is 1.11. The highest BCUT2D eigenvalue weighted by atomic mass is 35.5. The summed E-state index contributed by atoms with van der Waals surface area (Å²) < 4.78 is 44.1. The largest absolute Gasteiger partial charge is 0.513 e. The average molecular weight is 960 g/mol. The van der Waals surface area contributed by atoms with Crippen LogP contribution in [-0.4, -0.2) is 115 Å². The van der Waals surface area contributed by atoms with E-state index in [4.69, 9.17) is 25.8 Å². The van der Waals surface area contributed by atoms with Crippen LogP contribution in [-0.2, 0) is 33.9 Å². The Morgan fingerprint density at radius 1 is 0.969 bits per heavy atom. The molecule has 17 nitrogen and oxygen atoms in total. The Morgan fingerprint density at radius 2 is 1.69 bits per heavy atom. The van der Waals surface area contributed by atoms with Crippen molar-refractivity contribution in [1.82, 2.24) is 30.1 Å². The van der Waals surface area contributed by atoms with Crippen molar-refractivity contribution in [2.45, 2.75) is 116 Å². The quantitative estimate of drug-likeness (QED) is 0.148. The molecule has 7 rings (SSSR count). The van der Waals surface area contributed by atoms with Crippen LogP contribution in [0.25, 0.3) is 11.3 Å². The van der Waals surface area contributed by atoms with Crippen molar-refractivity contribution >= 4 is 68.8 Å². The van der Waals surface area contributed by atoms with E-state index >= 15 is 0 Å². The number of hydrogen-bond acceptors (Lipinski definition) is 13. The number of hydrogen-bond donors (Lipinski definition) is 3. The lowest BCUT2D eigenvalue weighted by Crippen LogP contribution is -2.60. The van der Waals surface area contributed by atoms with Gasteiger partial charge in [-0.1, -0.05) is 78.1 Å². The van der Waals surface area contributed by atoms with Gasteiger partial charge in [-0.15, -0.1) is 11.3 Å². The summed E-state index contributed by atoms with van der Waals surface area (Å²) in [6, 6.07) is 2.55. The number of amides is 5. The molecule has 4 heterocycles. The molecule has 2 saturated heterocycles. The van der Waals surface area contributed by atoms with Gasteiger partial charge in [0.05, 0.1) is 29.2 Å². The number of thiazole rings is 1. The second kappa shape index (κ2) is 18.9. The molecular formula is C45H59ClN6O11S2. The Kier molecular flexibility index (Phi) is 14.0. The lowest BCUT2D eigenvalue weighted by Gasteiger charge is -2.33. The fraction of sp³-hybridized carbons (Fsp3) is 0.622. The van der Waals surface area contributed by atoms with Crippen LogP contribution in [0.4, 0.5) is 9.59 Å². The summed E-state index contributed by atoms with van der Waals surface area (Å²) in [5, 5.41) is 7.03. The lowest BCUT2D eigenvalue weighted by molar-refractivity contribution is -0.142. The third kappa shape index (κ3) is 11.6. The number of carbonyl (C=O) groups is 6. The minimum absolute atomic E-state index is 0.0771. The molecule has 1 aromatic carbocycles. The summed E-state index contributed by atoms with van der Waals surface area (Å²) in [5.74, 6) is -3.65. The van der Waals surface area contributed by atoms with Gasteiger partial charge in [-0.3, -0.25) is 23.9 Å². The van der Waals surface area contributed by atoms with Crippen LogP contribution in [0.15, 0.2) is 35.7 Å². The zero-order chi connectivity index (χ0) is 47.1. The molecule has 354 valence electrons. The molecule has 0 bridgehead atoms. The van der Waals surface area contributed by atoms with E-state index in [1.165, 1.54) is 11.0 Å². The smallest absolute Gasteiger partial charge is 0.449 e. The van der Waals surface area contributed by atoms with E-state index in [2.05, 4.69) is 20.3 Å². The van der Waals surface area contributed by atoms with Gasteiger partial charge >= 0.3 is 12.2 Å². The number of likely N-dealkylation sites (tertiary alicyclic amines) is 1. The van der Waals surface area contributed by atoms with Crippen molar-refractivity contribution in [3.8, 4) is 17.0 Å². The van der Waals surface area contributed by atoms with Crippen molar-refractivity contribution < 1.29 is 51.4 Å². The average Bonchev–Trinajstić information content (AvgIpc) is 4.05. The highest BCUT2D eigenvalue weighted by molar-refractivity contribution is 7.91. The van der Waals surface area contributed by atoms with Gasteiger partial charge < -0.3 is 34.6 Å². The molecule has 0 spiro atoms. The number of nitrogens with zero attached hydrogens (tertiary/aromatic N) is 3. The number of nitrogens with one attached hydrogen (secondary N) is 3. The monoisotopic (exact) mass is 958 g/mol. The molecule has 0 unspecified atom stereocenters. The number of alkyl carbamates (subject to hydrolysis) is 1. The van der Waals surface area contributed by atoms with Crippen LogP contribution >= 0.6 is 22.9 Å². The number of allylic oxidation sites excluding steroid dienone is 1. The number of ether oxygens (including phenoxy) is 3. The van der Waals surface area contributed by atoms with Crippen molar-refractivity contribution in [2.24, 2.45) is 28.6 Å². The number of aromatic nitrogens is 1. The molecule has 2 aromatic rings. The zero-order valence-electron chi connectivity index (χ0n) is 37.6. The topological polar surface area (TPSA) is 220 Å². The van der Waals surface area contributed by atoms with Gasteiger partial charge in [0.1, 0.15) is 17.6 Å². The van der Waals surface area contributed by atoms with Crippen molar-refractivity contribution in [2.75, 3.05) is 32.8 Å². The second-order valence-electron chi connectivity index (χ2n) is 20.3. The van der Waals surface area contributed by atoms with Crippen molar-refractivity contribution in [3.63, 3.8) is 0 Å². The lowest BCUT2D eigenvalue weighted by atomic mass is 9.93. The number of rotatable bonds is 9. The molecule has 4 fully saturated rings. The maximum Gasteiger partial charge on any atom is 0.513 e. The van der Waals surface area contributed by atoms with E-state index in [1.807, 2.05) is 53.7 Å². The highest BCUT2D eigenvalue weighted by Crippen LogP contribution is 2.47. The molecule has 3 N–H and O–H groups in total. The summed E-state index contributed by atoms with van der Waals surface area (Å²) in [6.07, 6.45) is 6.26. The van der Waals surface area contributed by atoms with Crippen LogP contribution in [0, 0.1) is 28.6 Å². The number of halogens is 1. The molecular weight excluding hydrogens is 900 g/mol. The fourth-order valence-electron chi connectivity index (χ4n) is 8.48. The first-order valence-electron chi connectivity index (χ1n) is 22.2. The van der Waals surface area contributed by atoms with Gasteiger partial charge in [0, 0.05) is 48.3 Å². The minimum Gasteiger partial charge on any atom is -0.449 e. The molecule has 2 aliphatic carbocycles. The first-order valence-corrected chi connectivity index (χ1v) is 25.0. The van der Waals surface area contributed by atoms with Gasteiger partial charge in [-0.05, 0) is 67.6 Å². The number of sulfonamides is 1. The third-order valence-corrected chi connectivity index (χ3v) is 15.1. The first kappa shape index (κ1) is 48.2. The predicted octanol–water partition coefficient (Wildman–Crippen LogP) is 6.07. The summed E-state index contributed by atoms with van der Waals surface area (Å²) in [5.41, 5.74) is -1.11. The number of fused-ring (bicyclic) bond motifs is 4.